The van der Waals surface area contributed by atoms with Crippen molar-refractivity contribution in [3.63, 3.8) is 0 Å². The SMILES string of the molecule is CCCN1CCC(NC(=O)N(CC)CC(=O)O)CC1. The number of nitrogens with zero attached hydrogens (tertiary/aromatic N) is 2. The summed E-state index contributed by atoms with van der Waals surface area (Å²) in [7, 11) is 0. The minimum Gasteiger partial charge on any atom is -0.480 e. The summed E-state index contributed by atoms with van der Waals surface area (Å²) < 4.78 is 0. The maximum Gasteiger partial charge on any atom is 0.323 e. The van der Waals surface area contributed by atoms with Gasteiger partial charge in [-0.05, 0) is 32.7 Å². The first-order chi connectivity index (χ1) is 9.06. The number of likely N-dealkylation sites (tertiary alicyclic amines) is 1. The third-order valence-electron chi connectivity index (χ3n) is 3.45. The molecule has 110 valence electrons. The highest BCUT2D eigenvalue weighted by molar-refractivity contribution is 5.80. The monoisotopic (exact) mass is 271 g/mol. The van der Waals surface area contributed by atoms with E-state index in [1.165, 1.54) is 4.90 Å². The Morgan fingerprint density at radius 2 is 1.95 bits per heavy atom. The molecule has 0 atom stereocenters. The number of likely N-dealkylation sites (N-methyl/N-ethyl adjacent to an activating group) is 1. The van der Waals surface area contributed by atoms with Crippen molar-refractivity contribution in [3.8, 4) is 0 Å². The fourth-order valence-electron chi connectivity index (χ4n) is 2.37. The molecular weight excluding hydrogens is 246 g/mol. The van der Waals surface area contributed by atoms with Gasteiger partial charge in [-0.15, -0.1) is 0 Å². The number of hydrogen-bond donors (Lipinski definition) is 2. The number of nitrogens with one attached hydrogen (secondary N) is 1. The van der Waals surface area contributed by atoms with Crippen LogP contribution < -0.4 is 5.32 Å². The fraction of sp³-hybridized carbons (Fsp3) is 0.846. The Morgan fingerprint density at radius 3 is 2.42 bits per heavy atom. The van der Waals surface area contributed by atoms with Crippen molar-refractivity contribution in [2.45, 2.75) is 39.2 Å². The van der Waals surface area contributed by atoms with Gasteiger partial charge in [-0.1, -0.05) is 6.92 Å². The summed E-state index contributed by atoms with van der Waals surface area (Å²) in [6, 6.07) is -0.0951. The minimum absolute atomic E-state index is 0.170. The molecule has 1 aliphatic heterocycles. The second kappa shape index (κ2) is 7.99. The van der Waals surface area contributed by atoms with Gasteiger partial charge in [0.25, 0.3) is 0 Å². The van der Waals surface area contributed by atoms with E-state index in [1.54, 1.807) is 6.92 Å². The molecule has 0 aromatic rings. The van der Waals surface area contributed by atoms with E-state index in [0.717, 1.165) is 38.9 Å². The summed E-state index contributed by atoms with van der Waals surface area (Å²) in [6.45, 7) is 7.24. The maximum atomic E-state index is 11.9. The van der Waals surface area contributed by atoms with E-state index in [2.05, 4.69) is 17.1 Å². The van der Waals surface area contributed by atoms with E-state index >= 15 is 0 Å². The Morgan fingerprint density at radius 1 is 1.32 bits per heavy atom. The number of hydrogen-bond acceptors (Lipinski definition) is 3. The van der Waals surface area contributed by atoms with Gasteiger partial charge < -0.3 is 20.2 Å². The highest BCUT2D eigenvalue weighted by atomic mass is 16.4. The van der Waals surface area contributed by atoms with Gasteiger partial charge in [0.1, 0.15) is 6.54 Å². The van der Waals surface area contributed by atoms with E-state index < -0.39 is 5.97 Å². The molecule has 0 bridgehead atoms. The molecule has 6 nitrogen and oxygen atoms in total. The lowest BCUT2D eigenvalue weighted by molar-refractivity contribution is -0.137. The molecule has 0 radical (unpaired) electrons. The highest BCUT2D eigenvalue weighted by Gasteiger charge is 2.22. The summed E-state index contributed by atoms with van der Waals surface area (Å²) in [5.41, 5.74) is 0. The Labute approximate surface area is 114 Å². The standard InChI is InChI=1S/C13H25N3O3/c1-3-7-15-8-5-11(6-9-15)14-13(19)16(4-2)10-12(17)18/h11H,3-10H2,1-2H3,(H,14,19)(H,17,18). The average Bonchev–Trinajstić information content (AvgIpc) is 2.38. The van der Waals surface area contributed by atoms with Gasteiger partial charge in [-0.25, -0.2) is 4.79 Å². The number of carbonyl (C=O) groups is 2. The van der Waals surface area contributed by atoms with Crippen molar-refractivity contribution in [1.82, 2.24) is 15.1 Å². The van der Waals surface area contributed by atoms with Crippen LogP contribution in [0, 0.1) is 0 Å². The molecule has 1 rings (SSSR count). The Hall–Kier alpha value is -1.30. The molecule has 6 heteroatoms. The van der Waals surface area contributed by atoms with Crippen LogP contribution in [0.3, 0.4) is 0 Å². The lowest BCUT2D eigenvalue weighted by Crippen LogP contribution is -2.50. The number of carboxylic acids is 1. The van der Waals surface area contributed by atoms with Crippen molar-refractivity contribution >= 4 is 12.0 Å². The number of carboxylic acid groups (broad SMARTS) is 1. The van der Waals surface area contributed by atoms with Gasteiger partial charge >= 0.3 is 12.0 Å². The smallest absolute Gasteiger partial charge is 0.323 e. The quantitative estimate of drug-likeness (QED) is 0.755. The normalized spacial score (nSPS) is 17.2. The molecule has 0 aromatic heterocycles. The van der Waals surface area contributed by atoms with E-state index in [9.17, 15) is 9.59 Å². The topological polar surface area (TPSA) is 72.9 Å². The predicted molar refractivity (Wildman–Crippen MR) is 73.2 cm³/mol. The number of aliphatic carboxylic acids is 1. The van der Waals surface area contributed by atoms with Crippen molar-refractivity contribution in [3.05, 3.63) is 0 Å². The van der Waals surface area contributed by atoms with Crippen LogP contribution in [0.15, 0.2) is 0 Å². The fourth-order valence-corrected chi connectivity index (χ4v) is 2.37. The molecule has 0 saturated carbocycles. The zero-order chi connectivity index (χ0) is 14.3. The molecule has 0 aromatic carbocycles. The van der Waals surface area contributed by atoms with Crippen molar-refractivity contribution < 1.29 is 14.7 Å². The van der Waals surface area contributed by atoms with Crippen molar-refractivity contribution in [2.24, 2.45) is 0 Å². The highest BCUT2D eigenvalue weighted by Crippen LogP contribution is 2.11. The van der Waals surface area contributed by atoms with Gasteiger partial charge in [-0.3, -0.25) is 4.79 Å². The molecule has 0 aliphatic carbocycles. The van der Waals surface area contributed by atoms with E-state index in [4.69, 9.17) is 5.11 Å². The van der Waals surface area contributed by atoms with Crippen LogP contribution in [-0.2, 0) is 4.79 Å². The minimum atomic E-state index is -0.977. The molecular formula is C13H25N3O3. The van der Waals surface area contributed by atoms with Crippen LogP contribution >= 0.6 is 0 Å². The van der Waals surface area contributed by atoms with Crippen molar-refractivity contribution in [2.75, 3.05) is 32.7 Å². The molecule has 1 aliphatic rings. The first-order valence-electron chi connectivity index (χ1n) is 7.06. The van der Waals surface area contributed by atoms with Crippen LogP contribution in [0.1, 0.15) is 33.1 Å². The summed E-state index contributed by atoms with van der Waals surface area (Å²) in [6.07, 6.45) is 3.03. The molecule has 0 unspecified atom stereocenters. The number of carbonyl (C=O) groups excluding carboxylic acids is 1. The van der Waals surface area contributed by atoms with Crippen molar-refractivity contribution in [1.29, 1.82) is 0 Å². The van der Waals surface area contributed by atoms with Gasteiger partial charge in [-0.2, -0.15) is 0 Å². The van der Waals surface area contributed by atoms with Crippen LogP contribution in [0.4, 0.5) is 4.79 Å². The van der Waals surface area contributed by atoms with E-state index in [0.29, 0.717) is 6.54 Å². The summed E-state index contributed by atoms with van der Waals surface area (Å²) in [4.78, 5) is 26.3. The molecule has 1 saturated heterocycles. The molecule has 19 heavy (non-hydrogen) atoms. The Balaban J connectivity index is 2.34. The first kappa shape index (κ1) is 15.8. The Bertz CT molecular complexity index is 302. The lowest BCUT2D eigenvalue weighted by Gasteiger charge is -2.33. The predicted octanol–water partition coefficient (Wildman–Crippen LogP) is 0.977. The van der Waals surface area contributed by atoms with E-state index in [1.807, 2.05) is 0 Å². The number of amides is 2. The maximum absolute atomic E-state index is 11.9. The van der Waals surface area contributed by atoms with E-state index in [-0.39, 0.29) is 18.6 Å². The second-order valence-corrected chi connectivity index (χ2v) is 4.97. The zero-order valence-corrected chi connectivity index (χ0v) is 11.9. The summed E-state index contributed by atoms with van der Waals surface area (Å²) in [5, 5.41) is 11.7. The Kier molecular flexibility index (Phi) is 6.62. The zero-order valence-electron chi connectivity index (χ0n) is 11.9. The largest absolute Gasteiger partial charge is 0.480 e. The summed E-state index contributed by atoms with van der Waals surface area (Å²) >= 11 is 0. The third kappa shape index (κ3) is 5.46. The van der Waals surface area contributed by atoms with Gasteiger partial charge in [0.15, 0.2) is 0 Å². The number of rotatable bonds is 6. The first-order valence-corrected chi connectivity index (χ1v) is 7.06. The van der Waals surface area contributed by atoms with Gasteiger partial charge in [0.2, 0.25) is 0 Å². The second-order valence-electron chi connectivity index (χ2n) is 4.97. The molecule has 2 amide bonds. The van der Waals surface area contributed by atoms with Crippen LogP contribution in [0.5, 0.6) is 0 Å². The molecule has 1 fully saturated rings. The lowest BCUT2D eigenvalue weighted by atomic mass is 10.1. The average molecular weight is 271 g/mol. The van der Waals surface area contributed by atoms with Gasteiger partial charge in [0, 0.05) is 25.7 Å². The summed E-state index contributed by atoms with van der Waals surface area (Å²) in [5.74, 6) is -0.977. The van der Waals surface area contributed by atoms with Crippen LogP contribution in [-0.4, -0.2) is 65.7 Å². The van der Waals surface area contributed by atoms with Gasteiger partial charge in [0.05, 0.1) is 0 Å². The third-order valence-corrected chi connectivity index (χ3v) is 3.45. The number of piperidine rings is 1. The van der Waals surface area contributed by atoms with Crippen LogP contribution in [0.25, 0.3) is 0 Å². The van der Waals surface area contributed by atoms with Crippen LogP contribution in [0.2, 0.25) is 0 Å². The molecule has 1 heterocycles. The molecule has 0 spiro atoms. The molecule has 2 N–H and O–H groups in total. The number of urea groups is 1.